The van der Waals surface area contributed by atoms with Crippen LogP contribution in [-0.4, -0.2) is 28.1 Å². The number of hydrogen-bond donors (Lipinski definition) is 2. The number of halogens is 3. The Balaban J connectivity index is 1.64. The van der Waals surface area contributed by atoms with E-state index in [2.05, 4.69) is 15.3 Å². The van der Waals surface area contributed by atoms with Crippen molar-refractivity contribution in [1.82, 2.24) is 15.3 Å². The second kappa shape index (κ2) is 6.58. The van der Waals surface area contributed by atoms with E-state index < -0.39 is 18.1 Å². The molecule has 2 N–H and O–H groups in total. The molecule has 1 saturated carbocycles. The van der Waals surface area contributed by atoms with Gasteiger partial charge in [-0.2, -0.15) is 13.2 Å². The summed E-state index contributed by atoms with van der Waals surface area (Å²) < 4.78 is 38.5. The molecule has 0 spiro atoms. The first kappa shape index (κ1) is 17.0. The summed E-state index contributed by atoms with van der Waals surface area (Å²) in [5.74, 6) is -1.70. The quantitative estimate of drug-likeness (QED) is 0.861. The number of amides is 1. The van der Waals surface area contributed by atoms with Crippen LogP contribution in [0, 0.1) is 12.8 Å². The van der Waals surface area contributed by atoms with Crippen LogP contribution >= 0.6 is 11.3 Å². The summed E-state index contributed by atoms with van der Waals surface area (Å²) in [6.45, 7) is 1.90. The molecule has 2 aromatic heterocycles. The first-order chi connectivity index (χ1) is 11.3. The van der Waals surface area contributed by atoms with Crippen molar-refractivity contribution in [2.75, 3.05) is 0 Å². The van der Waals surface area contributed by atoms with Gasteiger partial charge >= 0.3 is 6.18 Å². The Morgan fingerprint density at radius 2 is 2.21 bits per heavy atom. The SMILES string of the molecule is Cc1nc(-c2c[nH]c(C(=O)N[C@@H]3CCC[C@H](C(F)(F)F)C3)c2)cs1. The molecule has 2 heterocycles. The molecule has 1 aliphatic rings. The number of nitrogens with one attached hydrogen (secondary N) is 2. The lowest BCUT2D eigenvalue weighted by Crippen LogP contribution is -2.41. The van der Waals surface area contributed by atoms with Crippen LogP contribution < -0.4 is 5.32 Å². The van der Waals surface area contributed by atoms with Crippen molar-refractivity contribution in [3.63, 3.8) is 0 Å². The molecule has 0 aliphatic heterocycles. The van der Waals surface area contributed by atoms with Gasteiger partial charge in [0.05, 0.1) is 16.6 Å². The number of nitrogens with zero attached hydrogens (tertiary/aromatic N) is 1. The summed E-state index contributed by atoms with van der Waals surface area (Å²) in [7, 11) is 0. The number of aromatic nitrogens is 2. The third-order valence-electron chi connectivity index (χ3n) is 4.31. The number of carbonyl (C=O) groups is 1. The van der Waals surface area contributed by atoms with Crippen LogP contribution in [0.1, 0.15) is 41.2 Å². The maximum atomic E-state index is 12.8. The lowest BCUT2D eigenvalue weighted by atomic mass is 9.85. The Hall–Kier alpha value is -1.83. The van der Waals surface area contributed by atoms with E-state index in [-0.39, 0.29) is 18.7 Å². The molecule has 0 aromatic carbocycles. The minimum Gasteiger partial charge on any atom is -0.357 e. The van der Waals surface area contributed by atoms with E-state index in [1.807, 2.05) is 12.3 Å². The Morgan fingerprint density at radius 1 is 1.42 bits per heavy atom. The van der Waals surface area contributed by atoms with Crippen LogP contribution in [0.4, 0.5) is 13.2 Å². The Labute approximate surface area is 141 Å². The number of thiazole rings is 1. The van der Waals surface area contributed by atoms with Crippen molar-refractivity contribution in [2.45, 2.75) is 44.8 Å². The highest BCUT2D eigenvalue weighted by molar-refractivity contribution is 7.09. The summed E-state index contributed by atoms with van der Waals surface area (Å²) in [6.07, 6.45) is -1.35. The fraction of sp³-hybridized carbons (Fsp3) is 0.500. The van der Waals surface area contributed by atoms with Gasteiger partial charge in [-0.15, -0.1) is 11.3 Å². The Morgan fingerprint density at radius 3 is 2.88 bits per heavy atom. The highest BCUT2D eigenvalue weighted by atomic mass is 32.1. The van der Waals surface area contributed by atoms with Crippen molar-refractivity contribution in [1.29, 1.82) is 0 Å². The van der Waals surface area contributed by atoms with E-state index in [1.54, 1.807) is 12.3 Å². The second-order valence-corrected chi connectivity index (χ2v) is 7.19. The first-order valence-electron chi connectivity index (χ1n) is 7.81. The molecule has 3 rings (SSSR count). The molecule has 0 bridgehead atoms. The number of alkyl halides is 3. The Bertz CT molecular complexity index is 722. The van der Waals surface area contributed by atoms with Crippen molar-refractivity contribution in [2.24, 2.45) is 5.92 Å². The molecule has 24 heavy (non-hydrogen) atoms. The van der Waals surface area contributed by atoms with E-state index in [0.29, 0.717) is 18.5 Å². The molecule has 0 radical (unpaired) electrons. The molecule has 130 valence electrons. The van der Waals surface area contributed by atoms with E-state index in [9.17, 15) is 18.0 Å². The fourth-order valence-corrected chi connectivity index (χ4v) is 3.67. The molecule has 4 nitrogen and oxygen atoms in total. The number of rotatable bonds is 3. The molecule has 0 unspecified atom stereocenters. The van der Waals surface area contributed by atoms with Crippen molar-refractivity contribution >= 4 is 17.2 Å². The average Bonchev–Trinajstić information content (AvgIpc) is 3.15. The fourth-order valence-electron chi connectivity index (χ4n) is 3.05. The van der Waals surface area contributed by atoms with Crippen LogP contribution in [0.2, 0.25) is 0 Å². The van der Waals surface area contributed by atoms with Crippen LogP contribution in [0.5, 0.6) is 0 Å². The molecule has 0 saturated heterocycles. The predicted octanol–water partition coefficient (Wildman–Crippen LogP) is 4.30. The first-order valence-corrected chi connectivity index (χ1v) is 8.69. The molecule has 1 fully saturated rings. The van der Waals surface area contributed by atoms with Gasteiger partial charge in [0.15, 0.2) is 0 Å². The Kier molecular flexibility index (Phi) is 4.67. The van der Waals surface area contributed by atoms with Crippen LogP contribution in [0.3, 0.4) is 0 Å². The third kappa shape index (κ3) is 3.80. The van der Waals surface area contributed by atoms with E-state index >= 15 is 0 Å². The molecular weight excluding hydrogens is 339 g/mol. The van der Waals surface area contributed by atoms with Crippen LogP contribution in [-0.2, 0) is 0 Å². The summed E-state index contributed by atoms with van der Waals surface area (Å²) >= 11 is 1.52. The highest BCUT2D eigenvalue weighted by Gasteiger charge is 2.42. The van der Waals surface area contributed by atoms with Crippen molar-refractivity contribution in [3.8, 4) is 11.3 Å². The maximum absolute atomic E-state index is 12.8. The summed E-state index contributed by atoms with van der Waals surface area (Å²) in [5, 5.41) is 5.55. The van der Waals surface area contributed by atoms with E-state index in [4.69, 9.17) is 0 Å². The number of hydrogen-bond acceptors (Lipinski definition) is 3. The summed E-state index contributed by atoms with van der Waals surface area (Å²) in [4.78, 5) is 19.5. The third-order valence-corrected chi connectivity index (χ3v) is 5.09. The second-order valence-electron chi connectivity index (χ2n) is 6.13. The maximum Gasteiger partial charge on any atom is 0.391 e. The lowest BCUT2D eigenvalue weighted by Gasteiger charge is -2.30. The smallest absolute Gasteiger partial charge is 0.357 e. The van der Waals surface area contributed by atoms with Gasteiger partial charge in [-0.25, -0.2) is 4.98 Å². The molecule has 1 amide bonds. The van der Waals surface area contributed by atoms with Gasteiger partial charge in [-0.05, 0) is 32.3 Å². The zero-order valence-corrected chi connectivity index (χ0v) is 13.9. The van der Waals surface area contributed by atoms with Gasteiger partial charge < -0.3 is 10.3 Å². The van der Waals surface area contributed by atoms with Gasteiger partial charge in [0.2, 0.25) is 0 Å². The monoisotopic (exact) mass is 357 g/mol. The standard InChI is InChI=1S/C16H18F3N3OS/c1-9-21-14(8-24-9)10-5-13(20-7-10)15(23)22-12-4-2-3-11(6-12)16(17,18)19/h5,7-8,11-12,20H,2-4,6H2,1H3,(H,22,23)/t11-,12+/m0/s1. The number of carbonyl (C=O) groups excluding carboxylic acids is 1. The zero-order chi connectivity index (χ0) is 17.3. The topological polar surface area (TPSA) is 57.8 Å². The minimum atomic E-state index is -4.19. The van der Waals surface area contributed by atoms with Gasteiger partial charge in [0.1, 0.15) is 5.69 Å². The molecule has 2 atom stereocenters. The van der Waals surface area contributed by atoms with Crippen molar-refractivity contribution in [3.05, 3.63) is 28.3 Å². The normalized spacial score (nSPS) is 21.7. The van der Waals surface area contributed by atoms with Crippen LogP contribution in [0.25, 0.3) is 11.3 Å². The highest BCUT2D eigenvalue weighted by Crippen LogP contribution is 2.37. The molecular formula is C16H18F3N3OS. The lowest BCUT2D eigenvalue weighted by molar-refractivity contribution is -0.183. The number of aryl methyl sites for hydroxylation is 1. The van der Waals surface area contributed by atoms with Gasteiger partial charge in [-0.1, -0.05) is 6.42 Å². The predicted molar refractivity (Wildman–Crippen MR) is 85.9 cm³/mol. The molecule has 8 heteroatoms. The van der Waals surface area contributed by atoms with Gasteiger partial charge in [0.25, 0.3) is 5.91 Å². The van der Waals surface area contributed by atoms with Gasteiger partial charge in [-0.3, -0.25) is 4.79 Å². The largest absolute Gasteiger partial charge is 0.391 e. The van der Waals surface area contributed by atoms with Gasteiger partial charge in [0, 0.05) is 23.2 Å². The number of aromatic amines is 1. The van der Waals surface area contributed by atoms with E-state index in [0.717, 1.165) is 16.3 Å². The number of H-pyrrole nitrogens is 1. The summed E-state index contributed by atoms with van der Waals surface area (Å²) in [5.41, 5.74) is 1.91. The molecule has 2 aromatic rings. The average molecular weight is 357 g/mol. The van der Waals surface area contributed by atoms with Crippen LogP contribution in [0.15, 0.2) is 17.6 Å². The molecule has 1 aliphatic carbocycles. The van der Waals surface area contributed by atoms with Crippen molar-refractivity contribution < 1.29 is 18.0 Å². The zero-order valence-electron chi connectivity index (χ0n) is 13.1. The summed E-state index contributed by atoms with van der Waals surface area (Å²) in [6, 6.07) is 1.24. The van der Waals surface area contributed by atoms with E-state index in [1.165, 1.54) is 11.3 Å². The minimum absolute atomic E-state index is 0.0475.